The van der Waals surface area contributed by atoms with Crippen molar-refractivity contribution >= 4 is 22.5 Å². The van der Waals surface area contributed by atoms with E-state index in [1.165, 1.54) is 30.5 Å². The molecule has 2 N–H and O–H groups in total. The van der Waals surface area contributed by atoms with Crippen molar-refractivity contribution in [2.45, 2.75) is 19.7 Å². The number of ether oxygens (including phenoxy) is 1. The molecule has 38 heavy (non-hydrogen) atoms. The molecule has 2 heterocycles. The van der Waals surface area contributed by atoms with Gasteiger partial charge in [0.15, 0.2) is 0 Å². The van der Waals surface area contributed by atoms with Crippen LogP contribution in [0.4, 0.5) is 18.9 Å². The van der Waals surface area contributed by atoms with E-state index in [2.05, 4.69) is 20.1 Å². The molecule has 0 fully saturated rings. The smallest absolute Gasteiger partial charge is 0.507 e. The summed E-state index contributed by atoms with van der Waals surface area (Å²) in [6.07, 6.45) is 0.578. The summed E-state index contributed by atoms with van der Waals surface area (Å²) < 4.78 is 44.3. The first-order valence-electron chi connectivity index (χ1n) is 11.5. The van der Waals surface area contributed by atoms with Crippen LogP contribution in [0.2, 0.25) is 0 Å². The lowest BCUT2D eigenvalue weighted by Crippen LogP contribution is -2.18. The van der Waals surface area contributed by atoms with Crippen molar-refractivity contribution in [3.05, 3.63) is 108 Å². The summed E-state index contributed by atoms with van der Waals surface area (Å²) in [6, 6.07) is 18.0. The monoisotopic (exact) mass is 518 g/mol. The largest absolute Gasteiger partial charge is 0.573 e. The van der Waals surface area contributed by atoms with Crippen LogP contribution in [0.1, 0.15) is 27.0 Å². The third-order valence-electron chi connectivity index (χ3n) is 6.00. The standard InChI is InChI=1S/C28H21F3N4O3/c1-17-14-24(36)22(16-19(17)15-18-5-7-20(8-6-18)35-13-3-12-33-35)27(37)34-23-9-10-25(38-28(29,30)31)21-4-2-11-32-26(21)23/h2-14,16,36H,15H2,1H3,(H,34,37). The van der Waals surface area contributed by atoms with Crippen molar-refractivity contribution < 1.29 is 27.8 Å². The van der Waals surface area contributed by atoms with Crippen LogP contribution in [0.3, 0.4) is 0 Å². The number of aryl methyl sites for hydroxylation is 1. The third-order valence-corrected chi connectivity index (χ3v) is 6.00. The minimum atomic E-state index is -4.88. The van der Waals surface area contributed by atoms with Crippen LogP contribution in [0.5, 0.6) is 11.5 Å². The number of nitrogens with one attached hydrogen (secondary N) is 1. The Morgan fingerprint density at radius 2 is 1.84 bits per heavy atom. The Morgan fingerprint density at radius 3 is 2.55 bits per heavy atom. The maximum atomic E-state index is 13.2. The highest BCUT2D eigenvalue weighted by atomic mass is 19.4. The fraction of sp³-hybridized carbons (Fsp3) is 0.107. The second-order valence-electron chi connectivity index (χ2n) is 8.60. The van der Waals surface area contributed by atoms with Crippen LogP contribution < -0.4 is 10.1 Å². The second kappa shape index (κ2) is 9.89. The van der Waals surface area contributed by atoms with Crippen LogP contribution in [-0.4, -0.2) is 32.1 Å². The van der Waals surface area contributed by atoms with Gasteiger partial charge in [-0.15, -0.1) is 13.2 Å². The molecule has 1 amide bonds. The van der Waals surface area contributed by atoms with E-state index >= 15 is 0 Å². The number of carbonyl (C=O) groups is 1. The van der Waals surface area contributed by atoms with Gasteiger partial charge in [-0.25, -0.2) is 4.68 Å². The average molecular weight is 518 g/mol. The SMILES string of the molecule is Cc1cc(O)c(C(=O)Nc2ccc(OC(F)(F)F)c3cccnc23)cc1Cc1ccc(-n2cccn2)cc1. The summed E-state index contributed by atoms with van der Waals surface area (Å²) in [5, 5.41) is 17.5. The van der Waals surface area contributed by atoms with E-state index in [1.54, 1.807) is 16.9 Å². The van der Waals surface area contributed by atoms with Gasteiger partial charge in [0.2, 0.25) is 0 Å². The Labute approximate surface area is 215 Å². The average Bonchev–Trinajstić information content (AvgIpc) is 3.42. The lowest BCUT2D eigenvalue weighted by Gasteiger charge is -2.15. The zero-order chi connectivity index (χ0) is 26.9. The van der Waals surface area contributed by atoms with E-state index in [0.29, 0.717) is 6.42 Å². The van der Waals surface area contributed by atoms with Crippen LogP contribution in [0.25, 0.3) is 16.6 Å². The molecular formula is C28H21F3N4O3. The van der Waals surface area contributed by atoms with Gasteiger partial charge in [0, 0.05) is 24.0 Å². The highest BCUT2D eigenvalue weighted by Gasteiger charge is 2.32. The predicted molar refractivity (Wildman–Crippen MR) is 136 cm³/mol. The Balaban J connectivity index is 1.40. The summed E-state index contributed by atoms with van der Waals surface area (Å²) >= 11 is 0. The van der Waals surface area contributed by atoms with Crippen molar-refractivity contribution in [3.63, 3.8) is 0 Å². The number of alkyl halides is 3. The summed E-state index contributed by atoms with van der Waals surface area (Å²) in [5.74, 6) is -1.28. The number of nitrogens with zero attached hydrogens (tertiary/aromatic N) is 3. The molecule has 0 spiro atoms. The van der Waals surface area contributed by atoms with E-state index in [0.717, 1.165) is 28.4 Å². The molecule has 0 aliphatic rings. The number of phenolic OH excluding ortho intramolecular Hbond substituents is 1. The molecule has 5 rings (SSSR count). The Bertz CT molecular complexity index is 1620. The highest BCUT2D eigenvalue weighted by Crippen LogP contribution is 2.34. The second-order valence-corrected chi connectivity index (χ2v) is 8.60. The Hall–Kier alpha value is -4.86. The molecule has 2 aromatic heterocycles. The fourth-order valence-electron chi connectivity index (χ4n) is 4.17. The molecule has 0 unspecified atom stereocenters. The van der Waals surface area contributed by atoms with Crippen molar-refractivity contribution in [3.8, 4) is 17.2 Å². The molecule has 3 aromatic carbocycles. The fourth-order valence-corrected chi connectivity index (χ4v) is 4.17. The van der Waals surface area contributed by atoms with Gasteiger partial charge < -0.3 is 15.2 Å². The van der Waals surface area contributed by atoms with E-state index in [4.69, 9.17) is 0 Å². The molecule has 0 aliphatic carbocycles. The molecule has 0 aliphatic heterocycles. The van der Waals surface area contributed by atoms with Gasteiger partial charge in [0.1, 0.15) is 11.5 Å². The Kier molecular flexibility index (Phi) is 6.46. The summed E-state index contributed by atoms with van der Waals surface area (Å²) in [5.41, 5.74) is 3.86. The summed E-state index contributed by atoms with van der Waals surface area (Å²) in [4.78, 5) is 17.3. The molecule has 0 bridgehead atoms. The van der Waals surface area contributed by atoms with Gasteiger partial charge in [0.05, 0.1) is 22.5 Å². The number of pyridine rings is 1. The lowest BCUT2D eigenvalue weighted by atomic mass is 9.97. The number of benzene rings is 3. The molecule has 7 nitrogen and oxygen atoms in total. The van der Waals surface area contributed by atoms with Crippen molar-refractivity contribution in [1.29, 1.82) is 0 Å². The zero-order valence-corrected chi connectivity index (χ0v) is 20.0. The minimum absolute atomic E-state index is 0.0264. The van der Waals surface area contributed by atoms with E-state index in [9.17, 15) is 23.1 Å². The van der Waals surface area contributed by atoms with E-state index < -0.39 is 18.0 Å². The first-order valence-corrected chi connectivity index (χ1v) is 11.5. The van der Waals surface area contributed by atoms with Crippen LogP contribution in [-0.2, 0) is 6.42 Å². The predicted octanol–water partition coefficient (Wildman–Crippen LogP) is 6.18. The number of amides is 1. The minimum Gasteiger partial charge on any atom is -0.507 e. The first-order chi connectivity index (χ1) is 18.2. The first kappa shape index (κ1) is 24.8. The van der Waals surface area contributed by atoms with E-state index in [-0.39, 0.29) is 27.9 Å². The van der Waals surface area contributed by atoms with Crippen LogP contribution >= 0.6 is 0 Å². The van der Waals surface area contributed by atoms with Crippen LogP contribution in [0.15, 0.2) is 85.3 Å². The number of aromatic nitrogens is 3. The number of phenols is 1. The number of carbonyl (C=O) groups excluding carboxylic acids is 1. The van der Waals surface area contributed by atoms with Gasteiger partial charge in [-0.1, -0.05) is 12.1 Å². The maximum absolute atomic E-state index is 13.2. The van der Waals surface area contributed by atoms with Crippen LogP contribution in [0, 0.1) is 6.92 Å². The summed E-state index contributed by atoms with van der Waals surface area (Å²) in [7, 11) is 0. The van der Waals surface area contributed by atoms with Gasteiger partial charge in [-0.2, -0.15) is 5.10 Å². The van der Waals surface area contributed by atoms with Crippen molar-refractivity contribution in [1.82, 2.24) is 14.8 Å². The van der Waals surface area contributed by atoms with E-state index in [1.807, 2.05) is 43.5 Å². The van der Waals surface area contributed by atoms with Gasteiger partial charge in [0.25, 0.3) is 5.91 Å². The number of hydrogen-bond donors (Lipinski definition) is 2. The number of halogens is 3. The van der Waals surface area contributed by atoms with Crippen molar-refractivity contribution in [2.75, 3.05) is 5.32 Å². The summed E-state index contributed by atoms with van der Waals surface area (Å²) in [6.45, 7) is 1.84. The molecule has 0 saturated heterocycles. The highest BCUT2D eigenvalue weighted by molar-refractivity contribution is 6.10. The maximum Gasteiger partial charge on any atom is 0.573 e. The number of anilines is 1. The Morgan fingerprint density at radius 1 is 1.05 bits per heavy atom. The number of aromatic hydroxyl groups is 1. The topological polar surface area (TPSA) is 89.3 Å². The number of hydrogen-bond acceptors (Lipinski definition) is 5. The third kappa shape index (κ3) is 5.29. The zero-order valence-electron chi connectivity index (χ0n) is 20.0. The molecule has 192 valence electrons. The number of fused-ring (bicyclic) bond motifs is 1. The van der Waals surface area contributed by atoms with Gasteiger partial charge >= 0.3 is 6.36 Å². The normalized spacial score (nSPS) is 11.5. The van der Waals surface area contributed by atoms with Crippen molar-refractivity contribution in [2.24, 2.45) is 0 Å². The molecule has 0 saturated carbocycles. The van der Waals surface area contributed by atoms with Gasteiger partial charge in [-0.3, -0.25) is 9.78 Å². The molecule has 5 aromatic rings. The molecular weight excluding hydrogens is 497 g/mol. The molecule has 0 atom stereocenters. The van der Waals surface area contributed by atoms with Gasteiger partial charge in [-0.05, 0) is 84.6 Å². The lowest BCUT2D eigenvalue weighted by molar-refractivity contribution is -0.274. The number of rotatable bonds is 6. The molecule has 0 radical (unpaired) electrons. The molecule has 10 heteroatoms. The quantitative estimate of drug-likeness (QED) is 0.280.